The summed E-state index contributed by atoms with van der Waals surface area (Å²) >= 11 is 4.54. The summed E-state index contributed by atoms with van der Waals surface area (Å²) in [5.41, 5.74) is 2.06. The lowest BCUT2D eigenvalue weighted by atomic mass is 10.2. The number of hydrogen-bond donors (Lipinski definition) is 2. The number of phenolic OH excluding ortho intramolecular Hbond substituents is 1. The molecule has 4 rings (SSSR count). The topological polar surface area (TPSA) is 94.4 Å². The monoisotopic (exact) mass is 522 g/mol. The van der Waals surface area contributed by atoms with Crippen LogP contribution in [-0.4, -0.2) is 33.6 Å². The van der Waals surface area contributed by atoms with Crippen molar-refractivity contribution in [3.05, 3.63) is 88.9 Å². The molecule has 1 saturated heterocycles. The molecule has 2 amide bonds. The van der Waals surface area contributed by atoms with Crippen molar-refractivity contribution in [1.29, 1.82) is 0 Å². The number of amides is 2. The van der Waals surface area contributed by atoms with Gasteiger partial charge in [0.25, 0.3) is 0 Å². The second-order valence-electron chi connectivity index (χ2n) is 7.09. The van der Waals surface area contributed by atoms with Gasteiger partial charge in [-0.05, 0) is 54.1 Å². The van der Waals surface area contributed by atoms with Crippen LogP contribution >= 0.6 is 27.7 Å². The molecule has 1 atom stereocenters. The first-order valence-electron chi connectivity index (χ1n) is 10.0. The number of carbonyl (C=O) groups is 2. The van der Waals surface area contributed by atoms with Gasteiger partial charge in [0.05, 0.1) is 11.9 Å². The van der Waals surface area contributed by atoms with Crippen molar-refractivity contribution in [2.75, 3.05) is 10.2 Å². The van der Waals surface area contributed by atoms with Crippen LogP contribution in [0.15, 0.2) is 93.5 Å². The fourth-order valence-corrected chi connectivity index (χ4v) is 4.46. The summed E-state index contributed by atoms with van der Waals surface area (Å²) in [4.78, 5) is 27.2. The highest BCUT2D eigenvalue weighted by molar-refractivity contribution is 9.10. The van der Waals surface area contributed by atoms with Crippen LogP contribution in [0.1, 0.15) is 12.0 Å². The molecule has 33 heavy (non-hydrogen) atoms. The molecule has 1 unspecified atom stereocenters. The standard InChI is InChI=1S/C24H19BrN4O3S/c25-17-6-8-18(9-7-17)27-22(31)14-21-23(32)29(19-10-12-20(30)13-11-19)24(33-21)28-26-15-16-4-2-1-3-5-16/h1-13,15,21,30H,14H2,(H,27,31). The van der Waals surface area contributed by atoms with E-state index in [1.807, 2.05) is 42.5 Å². The van der Waals surface area contributed by atoms with Crippen molar-refractivity contribution in [2.45, 2.75) is 11.7 Å². The minimum atomic E-state index is -0.653. The Kier molecular flexibility index (Phi) is 7.21. The number of aromatic hydroxyl groups is 1. The van der Waals surface area contributed by atoms with Crippen LogP contribution in [0.2, 0.25) is 0 Å². The summed E-state index contributed by atoms with van der Waals surface area (Å²) in [6.45, 7) is 0. The molecular weight excluding hydrogens is 504 g/mol. The van der Waals surface area contributed by atoms with Gasteiger partial charge in [-0.25, -0.2) is 0 Å². The fourth-order valence-electron chi connectivity index (χ4n) is 3.10. The molecule has 0 aliphatic carbocycles. The third-order valence-corrected chi connectivity index (χ3v) is 6.35. The Bertz CT molecular complexity index is 1200. The molecule has 0 saturated carbocycles. The molecule has 3 aromatic carbocycles. The van der Waals surface area contributed by atoms with Gasteiger partial charge >= 0.3 is 0 Å². The number of rotatable bonds is 6. The highest BCUT2D eigenvalue weighted by atomic mass is 79.9. The number of hydrogen-bond acceptors (Lipinski definition) is 6. The number of phenols is 1. The van der Waals surface area contributed by atoms with E-state index in [0.717, 1.165) is 10.0 Å². The van der Waals surface area contributed by atoms with Crippen LogP contribution in [-0.2, 0) is 9.59 Å². The predicted molar refractivity (Wildman–Crippen MR) is 136 cm³/mol. The first-order chi connectivity index (χ1) is 16.0. The van der Waals surface area contributed by atoms with Crippen LogP contribution in [0.5, 0.6) is 5.75 Å². The molecule has 7 nitrogen and oxygen atoms in total. The molecule has 1 fully saturated rings. The number of benzene rings is 3. The predicted octanol–water partition coefficient (Wildman–Crippen LogP) is 5.02. The summed E-state index contributed by atoms with van der Waals surface area (Å²) in [6, 6.07) is 22.9. The molecular formula is C24H19BrN4O3S. The minimum Gasteiger partial charge on any atom is -0.508 e. The second-order valence-corrected chi connectivity index (χ2v) is 9.18. The van der Waals surface area contributed by atoms with Crippen molar-refractivity contribution < 1.29 is 14.7 Å². The molecule has 3 aromatic rings. The van der Waals surface area contributed by atoms with Gasteiger partial charge in [0.1, 0.15) is 11.0 Å². The molecule has 0 aromatic heterocycles. The fraction of sp³-hybridized carbons (Fsp3) is 0.0833. The van der Waals surface area contributed by atoms with Crippen LogP contribution in [0.4, 0.5) is 11.4 Å². The van der Waals surface area contributed by atoms with E-state index in [1.165, 1.54) is 28.8 Å². The van der Waals surface area contributed by atoms with E-state index in [2.05, 4.69) is 31.4 Å². The summed E-state index contributed by atoms with van der Waals surface area (Å²) < 4.78 is 0.906. The van der Waals surface area contributed by atoms with E-state index < -0.39 is 5.25 Å². The highest BCUT2D eigenvalue weighted by Crippen LogP contribution is 2.34. The maximum Gasteiger partial charge on any atom is 0.247 e. The Labute approximate surface area is 203 Å². The number of amidine groups is 1. The maximum absolute atomic E-state index is 13.2. The molecule has 0 spiro atoms. The van der Waals surface area contributed by atoms with Crippen molar-refractivity contribution in [2.24, 2.45) is 10.2 Å². The lowest BCUT2D eigenvalue weighted by molar-refractivity contribution is -0.121. The molecule has 1 aliphatic heterocycles. The lowest BCUT2D eigenvalue weighted by Crippen LogP contribution is -2.33. The summed E-state index contributed by atoms with van der Waals surface area (Å²) in [7, 11) is 0. The Hall–Kier alpha value is -3.43. The molecule has 166 valence electrons. The first-order valence-corrected chi connectivity index (χ1v) is 11.7. The van der Waals surface area contributed by atoms with Crippen molar-refractivity contribution >= 4 is 62.3 Å². The number of nitrogens with zero attached hydrogens (tertiary/aromatic N) is 3. The van der Waals surface area contributed by atoms with Gasteiger partial charge in [0.15, 0.2) is 5.17 Å². The average molecular weight is 523 g/mol. The third-order valence-electron chi connectivity index (χ3n) is 4.69. The Balaban J connectivity index is 1.53. The van der Waals surface area contributed by atoms with Gasteiger partial charge in [-0.3, -0.25) is 14.5 Å². The van der Waals surface area contributed by atoms with Crippen LogP contribution in [0, 0.1) is 0 Å². The van der Waals surface area contributed by atoms with Crippen LogP contribution < -0.4 is 10.2 Å². The van der Waals surface area contributed by atoms with Crippen molar-refractivity contribution in [3.63, 3.8) is 0 Å². The van der Waals surface area contributed by atoms with Crippen molar-refractivity contribution in [1.82, 2.24) is 0 Å². The zero-order valence-corrected chi connectivity index (χ0v) is 19.7. The zero-order valence-electron chi connectivity index (χ0n) is 17.3. The highest BCUT2D eigenvalue weighted by Gasteiger charge is 2.40. The zero-order chi connectivity index (χ0) is 23.2. The quantitative estimate of drug-likeness (QED) is 0.351. The van der Waals surface area contributed by atoms with Gasteiger partial charge in [0, 0.05) is 16.6 Å². The SMILES string of the molecule is O=C(CC1SC(=NN=Cc2ccccc2)N(c2ccc(O)cc2)C1=O)Nc1ccc(Br)cc1. The number of carbonyl (C=O) groups excluding carboxylic acids is 2. The van der Waals surface area contributed by atoms with Gasteiger partial charge in [-0.1, -0.05) is 58.0 Å². The summed E-state index contributed by atoms with van der Waals surface area (Å²) in [5.74, 6) is -0.461. The average Bonchev–Trinajstić information content (AvgIpc) is 3.11. The smallest absolute Gasteiger partial charge is 0.247 e. The largest absolute Gasteiger partial charge is 0.508 e. The number of halogens is 1. The van der Waals surface area contributed by atoms with E-state index >= 15 is 0 Å². The van der Waals surface area contributed by atoms with E-state index in [0.29, 0.717) is 16.5 Å². The van der Waals surface area contributed by atoms with Crippen LogP contribution in [0.3, 0.4) is 0 Å². The second kappa shape index (κ2) is 10.5. The normalized spacial score (nSPS) is 17.1. The van der Waals surface area contributed by atoms with Gasteiger partial charge in [-0.15, -0.1) is 5.10 Å². The number of nitrogens with one attached hydrogen (secondary N) is 1. The Morgan fingerprint density at radius 1 is 1.06 bits per heavy atom. The maximum atomic E-state index is 13.2. The first kappa shape index (κ1) is 22.8. The molecule has 9 heteroatoms. The summed E-state index contributed by atoms with van der Waals surface area (Å²) in [5, 5.41) is 20.5. The van der Waals surface area contributed by atoms with Gasteiger partial charge < -0.3 is 10.4 Å². The Morgan fingerprint density at radius 3 is 2.45 bits per heavy atom. The van der Waals surface area contributed by atoms with E-state index in [4.69, 9.17) is 0 Å². The lowest BCUT2D eigenvalue weighted by Gasteiger charge is -2.15. The van der Waals surface area contributed by atoms with Gasteiger partial charge in [-0.2, -0.15) is 5.10 Å². The van der Waals surface area contributed by atoms with E-state index in [9.17, 15) is 14.7 Å². The van der Waals surface area contributed by atoms with E-state index in [-0.39, 0.29) is 24.0 Å². The molecule has 1 heterocycles. The molecule has 1 aliphatic rings. The van der Waals surface area contributed by atoms with E-state index in [1.54, 1.807) is 30.5 Å². The summed E-state index contributed by atoms with van der Waals surface area (Å²) in [6.07, 6.45) is 1.58. The van der Waals surface area contributed by atoms with Crippen LogP contribution in [0.25, 0.3) is 0 Å². The number of thioether (sulfide) groups is 1. The van der Waals surface area contributed by atoms with Gasteiger partial charge in [0.2, 0.25) is 11.8 Å². The van der Waals surface area contributed by atoms with Crippen molar-refractivity contribution in [3.8, 4) is 5.75 Å². The molecule has 2 N–H and O–H groups in total. The minimum absolute atomic E-state index is 0.0183. The Morgan fingerprint density at radius 2 is 1.76 bits per heavy atom. The molecule has 0 radical (unpaired) electrons. The number of anilines is 2. The third kappa shape index (κ3) is 5.88. The molecule has 0 bridgehead atoms.